The molecule has 5 nitrogen and oxygen atoms in total. The summed E-state index contributed by atoms with van der Waals surface area (Å²) in [5, 5.41) is 0. The number of sulfonamides is 1. The van der Waals surface area contributed by atoms with E-state index < -0.39 is 10.0 Å². The summed E-state index contributed by atoms with van der Waals surface area (Å²) in [7, 11) is -1.49. The first-order chi connectivity index (χ1) is 11.5. The maximum atomic E-state index is 12.6. The summed E-state index contributed by atoms with van der Waals surface area (Å²) in [6.45, 7) is 4.31. The second kappa shape index (κ2) is 7.09. The van der Waals surface area contributed by atoms with Gasteiger partial charge in [0.1, 0.15) is 0 Å². The van der Waals surface area contributed by atoms with E-state index in [1.165, 1.54) is 12.8 Å². The minimum absolute atomic E-state index is 0.0621. The Hall–Kier alpha value is -1.63. The van der Waals surface area contributed by atoms with Crippen LogP contribution in [-0.4, -0.2) is 37.5 Å². The fraction of sp³-hybridized carbons (Fsp3) is 0.444. The third kappa shape index (κ3) is 3.71. The highest BCUT2D eigenvalue weighted by molar-refractivity contribution is 7.89. The van der Waals surface area contributed by atoms with Gasteiger partial charge in [0.25, 0.3) is 0 Å². The average molecular weight is 347 g/mol. The van der Waals surface area contributed by atoms with E-state index in [0.717, 1.165) is 24.3 Å². The number of likely N-dealkylation sites (tertiary alicyclic amines) is 1. The number of benzene rings is 1. The van der Waals surface area contributed by atoms with E-state index in [9.17, 15) is 8.42 Å². The lowest BCUT2D eigenvalue weighted by Gasteiger charge is -2.28. The third-order valence-electron chi connectivity index (χ3n) is 4.67. The minimum atomic E-state index is -3.50. The van der Waals surface area contributed by atoms with E-state index in [1.807, 2.05) is 32.3 Å². The Balaban J connectivity index is 1.79. The van der Waals surface area contributed by atoms with Gasteiger partial charge in [0.05, 0.1) is 10.9 Å². The number of hydrogen-bond acceptors (Lipinski definition) is 3. The first kappa shape index (κ1) is 17.2. The van der Waals surface area contributed by atoms with Gasteiger partial charge in [-0.1, -0.05) is 12.1 Å². The molecule has 3 rings (SSSR count). The van der Waals surface area contributed by atoms with Crippen LogP contribution in [0.15, 0.2) is 47.5 Å². The van der Waals surface area contributed by atoms with Crippen molar-refractivity contribution in [3.8, 4) is 0 Å². The van der Waals surface area contributed by atoms with E-state index in [4.69, 9.17) is 0 Å². The van der Waals surface area contributed by atoms with Gasteiger partial charge < -0.3 is 4.57 Å². The largest absolute Gasteiger partial charge is 0.353 e. The van der Waals surface area contributed by atoms with Gasteiger partial charge in [0, 0.05) is 25.5 Å². The molecular weight excluding hydrogens is 322 g/mol. The van der Waals surface area contributed by atoms with Gasteiger partial charge in [-0.3, -0.25) is 4.90 Å². The summed E-state index contributed by atoms with van der Waals surface area (Å²) < 4.78 is 30.1. The molecule has 1 unspecified atom stereocenters. The Bertz CT molecular complexity index is 792. The molecule has 1 aliphatic heterocycles. The Morgan fingerprint density at radius 3 is 2.54 bits per heavy atom. The van der Waals surface area contributed by atoms with Gasteiger partial charge in [-0.25, -0.2) is 13.1 Å². The lowest BCUT2D eigenvalue weighted by Crippen LogP contribution is -2.37. The zero-order valence-corrected chi connectivity index (χ0v) is 15.1. The number of nitrogens with one attached hydrogen (secondary N) is 1. The van der Waals surface area contributed by atoms with Gasteiger partial charge in [0.15, 0.2) is 0 Å². The monoisotopic (exact) mass is 347 g/mol. The van der Waals surface area contributed by atoms with Gasteiger partial charge in [0.2, 0.25) is 10.0 Å². The molecule has 1 aromatic heterocycles. The van der Waals surface area contributed by atoms with Gasteiger partial charge >= 0.3 is 0 Å². The molecule has 1 N–H and O–H groups in total. The maximum absolute atomic E-state index is 12.6. The van der Waals surface area contributed by atoms with Crippen molar-refractivity contribution in [1.82, 2.24) is 14.2 Å². The first-order valence-corrected chi connectivity index (χ1v) is 9.87. The molecule has 0 aliphatic carbocycles. The van der Waals surface area contributed by atoms with Crippen LogP contribution in [0.1, 0.15) is 30.1 Å². The van der Waals surface area contributed by atoms with Crippen LogP contribution < -0.4 is 4.72 Å². The summed E-state index contributed by atoms with van der Waals surface area (Å²) in [5.41, 5.74) is 2.08. The van der Waals surface area contributed by atoms with Crippen molar-refractivity contribution in [3.63, 3.8) is 0 Å². The quantitative estimate of drug-likeness (QED) is 0.873. The fourth-order valence-corrected chi connectivity index (χ4v) is 4.49. The molecule has 0 amide bonds. The van der Waals surface area contributed by atoms with Crippen molar-refractivity contribution >= 4 is 10.0 Å². The summed E-state index contributed by atoms with van der Waals surface area (Å²) in [5.74, 6) is 0. The Morgan fingerprint density at radius 1 is 1.17 bits per heavy atom. The lowest BCUT2D eigenvalue weighted by molar-refractivity contribution is 0.238. The standard InChI is InChI=1S/C18H25N3O2S/c1-15-7-5-8-16(13-15)24(22,23)19-14-18(21-11-3-4-12-21)17-9-6-10-20(17)2/h5-10,13,18-19H,3-4,11-12,14H2,1-2H3. The Kier molecular flexibility index (Phi) is 5.08. The SMILES string of the molecule is Cc1cccc(S(=O)(=O)NCC(c2cccn2C)N2CCCC2)c1. The highest BCUT2D eigenvalue weighted by Crippen LogP contribution is 2.25. The molecular formula is C18H25N3O2S. The topological polar surface area (TPSA) is 54.3 Å². The molecule has 1 aliphatic rings. The van der Waals surface area contributed by atoms with Crippen LogP contribution in [0.5, 0.6) is 0 Å². The molecule has 1 aromatic carbocycles. The second-order valence-electron chi connectivity index (χ2n) is 6.47. The molecule has 0 spiro atoms. The molecule has 6 heteroatoms. The van der Waals surface area contributed by atoms with Gasteiger partial charge in [-0.2, -0.15) is 0 Å². The molecule has 1 atom stereocenters. The van der Waals surface area contributed by atoms with E-state index >= 15 is 0 Å². The van der Waals surface area contributed by atoms with E-state index in [0.29, 0.717) is 11.4 Å². The number of aromatic nitrogens is 1. The zero-order chi connectivity index (χ0) is 17.2. The number of hydrogen-bond donors (Lipinski definition) is 1. The Labute approximate surface area is 144 Å². The summed E-state index contributed by atoms with van der Waals surface area (Å²) in [6.07, 6.45) is 4.35. The minimum Gasteiger partial charge on any atom is -0.353 e. The van der Waals surface area contributed by atoms with Crippen LogP contribution in [0.25, 0.3) is 0 Å². The highest BCUT2D eigenvalue weighted by atomic mass is 32.2. The molecule has 0 saturated carbocycles. The van der Waals surface area contributed by atoms with Crippen molar-refractivity contribution in [3.05, 3.63) is 53.9 Å². The van der Waals surface area contributed by atoms with Crippen molar-refractivity contribution in [2.24, 2.45) is 7.05 Å². The van der Waals surface area contributed by atoms with Crippen molar-refractivity contribution in [2.45, 2.75) is 30.7 Å². The van der Waals surface area contributed by atoms with E-state index in [1.54, 1.807) is 18.2 Å². The third-order valence-corrected chi connectivity index (χ3v) is 6.09. The van der Waals surface area contributed by atoms with Crippen LogP contribution in [-0.2, 0) is 17.1 Å². The lowest BCUT2D eigenvalue weighted by atomic mass is 10.2. The highest BCUT2D eigenvalue weighted by Gasteiger charge is 2.27. The summed E-state index contributed by atoms with van der Waals surface area (Å²) >= 11 is 0. The van der Waals surface area contributed by atoms with Crippen LogP contribution in [0.4, 0.5) is 0 Å². The van der Waals surface area contributed by atoms with Crippen LogP contribution in [0, 0.1) is 6.92 Å². The van der Waals surface area contributed by atoms with Crippen molar-refractivity contribution in [1.29, 1.82) is 0 Å². The zero-order valence-electron chi connectivity index (χ0n) is 14.3. The number of aryl methyl sites for hydroxylation is 2. The Morgan fingerprint density at radius 2 is 1.92 bits per heavy atom. The number of rotatable bonds is 6. The van der Waals surface area contributed by atoms with Crippen LogP contribution in [0.2, 0.25) is 0 Å². The first-order valence-electron chi connectivity index (χ1n) is 8.39. The molecule has 0 bridgehead atoms. The van der Waals surface area contributed by atoms with E-state index in [-0.39, 0.29) is 6.04 Å². The molecule has 24 heavy (non-hydrogen) atoms. The summed E-state index contributed by atoms with van der Waals surface area (Å²) in [4.78, 5) is 2.70. The predicted molar refractivity (Wildman–Crippen MR) is 95.3 cm³/mol. The molecule has 2 aromatic rings. The maximum Gasteiger partial charge on any atom is 0.240 e. The molecule has 130 valence electrons. The average Bonchev–Trinajstić information content (AvgIpc) is 3.20. The second-order valence-corrected chi connectivity index (χ2v) is 8.24. The molecule has 1 saturated heterocycles. The van der Waals surface area contributed by atoms with Gasteiger partial charge in [-0.15, -0.1) is 0 Å². The van der Waals surface area contributed by atoms with E-state index in [2.05, 4.69) is 20.3 Å². The normalized spacial score (nSPS) is 17.2. The van der Waals surface area contributed by atoms with Crippen LogP contribution >= 0.6 is 0 Å². The molecule has 2 heterocycles. The smallest absolute Gasteiger partial charge is 0.240 e. The fourth-order valence-electron chi connectivity index (χ4n) is 3.35. The van der Waals surface area contributed by atoms with Gasteiger partial charge in [-0.05, 0) is 62.7 Å². The molecule has 1 fully saturated rings. The number of nitrogens with zero attached hydrogens (tertiary/aromatic N) is 2. The predicted octanol–water partition coefficient (Wildman–Crippen LogP) is 2.45. The summed E-state index contributed by atoms with van der Waals surface area (Å²) in [6, 6.07) is 11.2. The van der Waals surface area contributed by atoms with Crippen LogP contribution in [0.3, 0.4) is 0 Å². The molecule has 0 radical (unpaired) electrons. The van der Waals surface area contributed by atoms with Crippen molar-refractivity contribution in [2.75, 3.05) is 19.6 Å². The van der Waals surface area contributed by atoms with Crippen molar-refractivity contribution < 1.29 is 8.42 Å².